The Morgan fingerprint density at radius 3 is 2.48 bits per heavy atom. The topological polar surface area (TPSA) is 85.6 Å². The third kappa shape index (κ3) is 5.01. The summed E-state index contributed by atoms with van der Waals surface area (Å²) >= 11 is 13.5. The van der Waals surface area contributed by atoms with Gasteiger partial charge in [-0.2, -0.15) is 0 Å². The summed E-state index contributed by atoms with van der Waals surface area (Å²) < 4.78 is 15.5. The number of amides is 1. The molecular formula is C20H13Cl2FN6OS. The molecule has 31 heavy (non-hydrogen) atoms. The molecule has 156 valence electrons. The Morgan fingerprint density at radius 1 is 1.06 bits per heavy atom. The van der Waals surface area contributed by atoms with Crippen LogP contribution in [-0.4, -0.2) is 30.9 Å². The van der Waals surface area contributed by atoms with Gasteiger partial charge in [0.1, 0.15) is 5.82 Å². The van der Waals surface area contributed by atoms with E-state index in [0.29, 0.717) is 26.6 Å². The quantitative estimate of drug-likeness (QED) is 0.311. The van der Waals surface area contributed by atoms with E-state index in [1.807, 2.05) is 0 Å². The van der Waals surface area contributed by atoms with Gasteiger partial charge in [0, 0.05) is 28.2 Å². The molecule has 0 saturated carbocycles. The standard InChI is InChI=1S/C20H13Cl2FN6OS/c21-12-8-13(22)10-14(9-12)29-17(11-31-20-24-6-3-7-25-20)18(27-28-29)19(30)26-16-5-2-1-4-15(16)23/h1-10H,11H2,(H,26,30). The fourth-order valence-electron chi connectivity index (χ4n) is 2.71. The molecule has 7 nitrogen and oxygen atoms in total. The second-order valence-electron chi connectivity index (χ2n) is 6.18. The van der Waals surface area contributed by atoms with Crippen LogP contribution >= 0.6 is 35.0 Å². The van der Waals surface area contributed by atoms with Crippen LogP contribution in [0, 0.1) is 5.82 Å². The van der Waals surface area contributed by atoms with Crippen molar-refractivity contribution in [3.8, 4) is 5.69 Å². The number of nitrogens with one attached hydrogen (secondary N) is 1. The van der Waals surface area contributed by atoms with E-state index < -0.39 is 11.7 Å². The number of carbonyl (C=O) groups is 1. The summed E-state index contributed by atoms with van der Waals surface area (Å²) in [5, 5.41) is 12.0. The highest BCUT2D eigenvalue weighted by molar-refractivity contribution is 7.98. The van der Waals surface area contributed by atoms with Crippen LogP contribution in [0.25, 0.3) is 5.69 Å². The minimum absolute atomic E-state index is 0.0304. The van der Waals surface area contributed by atoms with Crippen LogP contribution in [0.4, 0.5) is 10.1 Å². The first-order valence-corrected chi connectivity index (χ1v) is 10.6. The molecule has 2 heterocycles. The zero-order valence-electron chi connectivity index (χ0n) is 15.7. The molecule has 0 aliphatic heterocycles. The monoisotopic (exact) mass is 474 g/mol. The summed E-state index contributed by atoms with van der Waals surface area (Å²) in [6.45, 7) is 0. The van der Waals surface area contributed by atoms with Gasteiger partial charge in [0.25, 0.3) is 5.91 Å². The van der Waals surface area contributed by atoms with Crippen molar-refractivity contribution in [3.05, 3.63) is 88.2 Å². The van der Waals surface area contributed by atoms with Gasteiger partial charge >= 0.3 is 0 Å². The number of rotatable bonds is 6. The van der Waals surface area contributed by atoms with Crippen LogP contribution in [0.5, 0.6) is 0 Å². The Kier molecular flexibility index (Phi) is 6.45. The summed E-state index contributed by atoms with van der Waals surface area (Å²) in [6.07, 6.45) is 3.24. The number of hydrogen-bond acceptors (Lipinski definition) is 6. The Bertz CT molecular complexity index is 1220. The molecule has 0 aliphatic rings. The second-order valence-corrected chi connectivity index (χ2v) is 7.99. The lowest BCUT2D eigenvalue weighted by molar-refractivity contribution is 0.102. The normalized spacial score (nSPS) is 10.8. The van der Waals surface area contributed by atoms with Gasteiger partial charge in [-0.1, -0.05) is 52.3 Å². The molecule has 0 aliphatic carbocycles. The summed E-state index contributed by atoms with van der Waals surface area (Å²) in [4.78, 5) is 21.2. The lowest BCUT2D eigenvalue weighted by Crippen LogP contribution is -2.16. The average Bonchev–Trinajstić information content (AvgIpc) is 3.18. The number of hydrogen-bond donors (Lipinski definition) is 1. The van der Waals surface area contributed by atoms with Crippen molar-refractivity contribution in [1.82, 2.24) is 25.0 Å². The van der Waals surface area contributed by atoms with Gasteiger partial charge in [0.2, 0.25) is 0 Å². The zero-order valence-corrected chi connectivity index (χ0v) is 18.0. The molecule has 0 spiro atoms. The van der Waals surface area contributed by atoms with Crippen LogP contribution in [0.2, 0.25) is 10.0 Å². The summed E-state index contributed by atoms with van der Waals surface area (Å²) in [5.74, 6) is -0.895. The fourth-order valence-corrected chi connectivity index (χ4v) is 4.02. The first-order chi connectivity index (χ1) is 15.0. The molecule has 0 radical (unpaired) electrons. The second kappa shape index (κ2) is 9.42. The molecule has 2 aromatic carbocycles. The van der Waals surface area contributed by atoms with Gasteiger partial charge in [-0.05, 0) is 36.4 Å². The van der Waals surface area contributed by atoms with Gasteiger partial charge < -0.3 is 5.32 Å². The highest BCUT2D eigenvalue weighted by atomic mass is 35.5. The Morgan fingerprint density at radius 2 is 1.77 bits per heavy atom. The van der Waals surface area contributed by atoms with E-state index in [-0.39, 0.29) is 17.1 Å². The van der Waals surface area contributed by atoms with Crippen LogP contribution in [0.3, 0.4) is 0 Å². The van der Waals surface area contributed by atoms with E-state index >= 15 is 0 Å². The van der Waals surface area contributed by atoms with Crippen LogP contribution in [0.1, 0.15) is 16.2 Å². The van der Waals surface area contributed by atoms with E-state index in [1.165, 1.54) is 34.6 Å². The fraction of sp³-hybridized carbons (Fsp3) is 0.0500. The highest BCUT2D eigenvalue weighted by Crippen LogP contribution is 2.27. The number of aromatic nitrogens is 5. The first kappa shape index (κ1) is 21.2. The Labute approximate surface area is 190 Å². The number of para-hydroxylation sites is 1. The molecule has 1 N–H and O–H groups in total. The van der Waals surface area contributed by atoms with Crippen molar-refractivity contribution in [2.24, 2.45) is 0 Å². The third-order valence-electron chi connectivity index (χ3n) is 4.07. The van der Waals surface area contributed by atoms with Crippen molar-refractivity contribution < 1.29 is 9.18 Å². The van der Waals surface area contributed by atoms with Crippen molar-refractivity contribution in [2.45, 2.75) is 10.9 Å². The summed E-state index contributed by atoms with van der Waals surface area (Å²) in [6, 6.07) is 12.4. The number of thioether (sulfide) groups is 1. The van der Waals surface area contributed by atoms with E-state index in [1.54, 1.807) is 42.7 Å². The van der Waals surface area contributed by atoms with E-state index in [9.17, 15) is 9.18 Å². The SMILES string of the molecule is O=C(Nc1ccccc1F)c1nnn(-c2cc(Cl)cc(Cl)c2)c1CSc1ncccn1. The van der Waals surface area contributed by atoms with Gasteiger partial charge in [0.05, 0.1) is 17.1 Å². The summed E-state index contributed by atoms with van der Waals surface area (Å²) in [5.41, 5.74) is 1.05. The van der Waals surface area contributed by atoms with Gasteiger partial charge in [0.15, 0.2) is 10.9 Å². The van der Waals surface area contributed by atoms with Crippen molar-refractivity contribution in [3.63, 3.8) is 0 Å². The maximum atomic E-state index is 14.0. The molecule has 0 atom stereocenters. The predicted molar refractivity (Wildman–Crippen MR) is 117 cm³/mol. The lowest BCUT2D eigenvalue weighted by Gasteiger charge is -2.09. The van der Waals surface area contributed by atoms with E-state index in [4.69, 9.17) is 23.2 Å². The Hall–Kier alpha value is -3.01. The predicted octanol–water partition coefficient (Wildman–Crippen LogP) is 5.05. The van der Waals surface area contributed by atoms with Crippen molar-refractivity contribution in [1.29, 1.82) is 0 Å². The minimum atomic E-state index is -0.603. The van der Waals surface area contributed by atoms with E-state index in [0.717, 1.165) is 0 Å². The molecule has 4 aromatic rings. The van der Waals surface area contributed by atoms with Crippen molar-refractivity contribution >= 4 is 46.6 Å². The molecule has 0 unspecified atom stereocenters. The van der Waals surface area contributed by atoms with Crippen LogP contribution < -0.4 is 5.32 Å². The Balaban J connectivity index is 1.71. The lowest BCUT2D eigenvalue weighted by atomic mass is 10.2. The maximum Gasteiger partial charge on any atom is 0.278 e. The highest BCUT2D eigenvalue weighted by Gasteiger charge is 2.22. The smallest absolute Gasteiger partial charge is 0.278 e. The number of anilines is 1. The first-order valence-electron chi connectivity index (χ1n) is 8.88. The molecule has 11 heteroatoms. The van der Waals surface area contributed by atoms with Crippen molar-refractivity contribution in [2.75, 3.05) is 5.32 Å². The molecule has 4 rings (SSSR count). The minimum Gasteiger partial charge on any atom is -0.318 e. The number of nitrogens with zero attached hydrogens (tertiary/aromatic N) is 5. The molecule has 2 aromatic heterocycles. The number of carbonyl (C=O) groups excluding carboxylic acids is 1. The molecule has 1 amide bonds. The zero-order chi connectivity index (χ0) is 21.8. The van der Waals surface area contributed by atoms with Crippen LogP contribution in [0.15, 0.2) is 66.1 Å². The molecule has 0 saturated heterocycles. The van der Waals surface area contributed by atoms with Gasteiger partial charge in [-0.3, -0.25) is 4.79 Å². The van der Waals surface area contributed by atoms with Gasteiger partial charge in [-0.25, -0.2) is 19.0 Å². The van der Waals surface area contributed by atoms with E-state index in [2.05, 4.69) is 25.6 Å². The van der Waals surface area contributed by atoms with Crippen LogP contribution in [-0.2, 0) is 5.75 Å². The molecule has 0 fully saturated rings. The summed E-state index contributed by atoms with van der Waals surface area (Å²) in [7, 11) is 0. The molecule has 0 bridgehead atoms. The number of halogens is 3. The average molecular weight is 475 g/mol. The maximum absolute atomic E-state index is 14.0. The number of benzene rings is 2. The molecular weight excluding hydrogens is 462 g/mol. The van der Waals surface area contributed by atoms with Gasteiger partial charge in [-0.15, -0.1) is 5.10 Å². The third-order valence-corrected chi connectivity index (χ3v) is 5.40. The largest absolute Gasteiger partial charge is 0.318 e.